The number of benzene rings is 2. The molecule has 3 rings (SSSR count). The maximum Gasteiger partial charge on any atom is 0.436 e. The molecule has 0 saturated carbocycles. The van der Waals surface area contributed by atoms with E-state index in [9.17, 15) is 18.0 Å². The highest BCUT2D eigenvalue weighted by Crippen LogP contribution is 2.34. The average molecular weight is 383 g/mol. The van der Waals surface area contributed by atoms with Crippen molar-refractivity contribution in [1.82, 2.24) is 5.16 Å². The van der Waals surface area contributed by atoms with E-state index in [0.717, 1.165) is 4.90 Å². The molecule has 0 bridgehead atoms. The van der Waals surface area contributed by atoms with Gasteiger partial charge >= 0.3 is 12.3 Å². The predicted octanol–water partition coefficient (Wildman–Crippen LogP) is 5.68. The Hall–Kier alpha value is -3.00. The maximum atomic E-state index is 12.8. The molecule has 1 aromatic heterocycles. The minimum absolute atomic E-state index is 0.195. The number of anilines is 2. The van der Waals surface area contributed by atoms with Gasteiger partial charge in [0.2, 0.25) is 5.88 Å². The van der Waals surface area contributed by atoms with Gasteiger partial charge in [-0.05, 0) is 36.4 Å². The van der Waals surface area contributed by atoms with E-state index in [-0.39, 0.29) is 11.4 Å². The zero-order chi connectivity index (χ0) is 18.7. The van der Waals surface area contributed by atoms with Crippen LogP contribution in [0.15, 0.2) is 65.2 Å². The van der Waals surface area contributed by atoms with E-state index in [1.165, 1.54) is 36.4 Å². The van der Waals surface area contributed by atoms with Gasteiger partial charge in [0.1, 0.15) is 5.75 Å². The molecule has 0 aliphatic heterocycles. The lowest BCUT2D eigenvalue weighted by Crippen LogP contribution is -2.28. The Labute approximate surface area is 150 Å². The van der Waals surface area contributed by atoms with E-state index < -0.39 is 23.8 Å². The molecule has 0 fully saturated rings. The second-order valence-corrected chi connectivity index (χ2v) is 5.48. The Morgan fingerprint density at radius 2 is 1.73 bits per heavy atom. The first kappa shape index (κ1) is 17.8. The number of hydrogen-bond acceptors (Lipinski definition) is 4. The summed E-state index contributed by atoms with van der Waals surface area (Å²) in [4.78, 5) is 13.4. The van der Waals surface area contributed by atoms with Gasteiger partial charge in [0.15, 0.2) is 5.69 Å². The molecule has 0 N–H and O–H groups in total. The molecule has 9 heteroatoms. The number of ether oxygens (including phenoxy) is 1. The third-order valence-corrected chi connectivity index (χ3v) is 3.48. The Kier molecular flexibility index (Phi) is 4.85. The van der Waals surface area contributed by atoms with Crippen LogP contribution in [0, 0.1) is 0 Å². The summed E-state index contributed by atoms with van der Waals surface area (Å²) in [5, 5.41) is 3.35. The van der Waals surface area contributed by atoms with Gasteiger partial charge in [0.25, 0.3) is 0 Å². The van der Waals surface area contributed by atoms with Gasteiger partial charge in [-0.1, -0.05) is 35.0 Å². The standard InChI is InChI=1S/C17H10ClF3N2O3/c18-11-6-8-12(9-7-11)23(15-10-14(22-26-15)17(19,20)21)16(24)25-13-4-2-1-3-5-13/h1-10H. The molecule has 0 radical (unpaired) electrons. The van der Waals surface area contributed by atoms with Crippen molar-refractivity contribution in [3.8, 4) is 5.75 Å². The number of halogens is 4. The van der Waals surface area contributed by atoms with Crippen molar-refractivity contribution < 1.29 is 27.2 Å². The van der Waals surface area contributed by atoms with Crippen LogP contribution >= 0.6 is 11.6 Å². The largest absolute Gasteiger partial charge is 0.436 e. The van der Waals surface area contributed by atoms with Gasteiger partial charge in [-0.2, -0.15) is 13.2 Å². The van der Waals surface area contributed by atoms with Crippen molar-refractivity contribution in [3.63, 3.8) is 0 Å². The lowest BCUT2D eigenvalue weighted by molar-refractivity contribution is -0.142. The third kappa shape index (κ3) is 3.97. The monoisotopic (exact) mass is 382 g/mol. The number of amides is 1. The van der Waals surface area contributed by atoms with Crippen LogP contribution in [0.5, 0.6) is 5.75 Å². The normalized spacial score (nSPS) is 11.2. The third-order valence-electron chi connectivity index (χ3n) is 3.22. The van der Waals surface area contributed by atoms with E-state index >= 15 is 0 Å². The van der Waals surface area contributed by atoms with Crippen LogP contribution in [0.4, 0.5) is 29.5 Å². The summed E-state index contributed by atoms with van der Waals surface area (Å²) in [6.45, 7) is 0. The minimum atomic E-state index is -4.71. The highest BCUT2D eigenvalue weighted by Gasteiger charge is 2.37. The highest BCUT2D eigenvalue weighted by molar-refractivity contribution is 6.30. The van der Waals surface area contributed by atoms with Crippen LogP contribution < -0.4 is 9.64 Å². The zero-order valence-electron chi connectivity index (χ0n) is 12.9. The first-order chi connectivity index (χ1) is 12.3. The van der Waals surface area contributed by atoms with Crippen LogP contribution in [-0.2, 0) is 6.18 Å². The molecule has 5 nitrogen and oxygen atoms in total. The quantitative estimate of drug-likeness (QED) is 0.584. The van der Waals surface area contributed by atoms with E-state index in [2.05, 4.69) is 5.16 Å². The van der Waals surface area contributed by atoms with Crippen molar-refractivity contribution in [2.24, 2.45) is 0 Å². The van der Waals surface area contributed by atoms with Crippen LogP contribution in [0.3, 0.4) is 0 Å². The number of para-hydroxylation sites is 1. The van der Waals surface area contributed by atoms with Gasteiger partial charge in [-0.15, -0.1) is 0 Å². The summed E-state index contributed by atoms with van der Waals surface area (Å²) in [7, 11) is 0. The Morgan fingerprint density at radius 3 is 2.31 bits per heavy atom. The predicted molar refractivity (Wildman–Crippen MR) is 87.6 cm³/mol. The van der Waals surface area contributed by atoms with Gasteiger partial charge < -0.3 is 9.26 Å². The second kappa shape index (κ2) is 7.09. The van der Waals surface area contributed by atoms with Gasteiger partial charge in [0.05, 0.1) is 5.69 Å². The van der Waals surface area contributed by atoms with Crippen molar-refractivity contribution in [2.45, 2.75) is 6.18 Å². The summed E-state index contributed by atoms with van der Waals surface area (Å²) in [5.74, 6) is -0.229. The molecule has 1 amide bonds. The fourth-order valence-corrected chi connectivity index (χ4v) is 2.18. The second-order valence-electron chi connectivity index (χ2n) is 5.04. The lowest BCUT2D eigenvalue weighted by atomic mass is 10.3. The van der Waals surface area contributed by atoms with Crippen molar-refractivity contribution in [3.05, 3.63) is 71.4 Å². The number of rotatable bonds is 3. The average Bonchev–Trinajstić information content (AvgIpc) is 3.08. The molecule has 0 saturated heterocycles. The molecule has 3 aromatic rings. The summed E-state index contributed by atoms with van der Waals surface area (Å²) >= 11 is 5.82. The summed E-state index contributed by atoms with van der Waals surface area (Å²) in [6.07, 6.45) is -5.68. The molecule has 0 atom stereocenters. The smallest absolute Gasteiger partial charge is 0.410 e. The molecule has 0 unspecified atom stereocenters. The molecule has 26 heavy (non-hydrogen) atoms. The Morgan fingerprint density at radius 1 is 1.08 bits per heavy atom. The lowest BCUT2D eigenvalue weighted by Gasteiger charge is -2.18. The van der Waals surface area contributed by atoms with Crippen LogP contribution in [0.2, 0.25) is 5.02 Å². The molecule has 2 aromatic carbocycles. The van der Waals surface area contributed by atoms with Crippen molar-refractivity contribution in [1.29, 1.82) is 0 Å². The van der Waals surface area contributed by atoms with Gasteiger partial charge in [-0.3, -0.25) is 0 Å². The highest BCUT2D eigenvalue weighted by atomic mass is 35.5. The van der Waals surface area contributed by atoms with E-state index in [1.54, 1.807) is 18.2 Å². The first-order valence-electron chi connectivity index (χ1n) is 7.21. The SMILES string of the molecule is O=C(Oc1ccccc1)N(c1ccc(Cl)cc1)c1cc(C(F)(F)F)no1. The van der Waals surface area contributed by atoms with E-state index in [0.29, 0.717) is 11.1 Å². The Balaban J connectivity index is 1.97. The number of aromatic nitrogens is 1. The number of alkyl halides is 3. The molecule has 1 heterocycles. The number of carbonyl (C=O) groups is 1. The topological polar surface area (TPSA) is 55.6 Å². The number of hydrogen-bond donors (Lipinski definition) is 0. The molecular formula is C17H10ClF3N2O3. The Bertz CT molecular complexity index is 896. The van der Waals surface area contributed by atoms with E-state index in [1.807, 2.05) is 0 Å². The van der Waals surface area contributed by atoms with E-state index in [4.69, 9.17) is 20.9 Å². The molecular weight excluding hydrogens is 373 g/mol. The summed E-state index contributed by atoms with van der Waals surface area (Å²) < 4.78 is 48.3. The number of carbonyl (C=O) groups excluding carboxylic acids is 1. The van der Waals surface area contributed by atoms with Crippen molar-refractivity contribution in [2.75, 3.05) is 4.90 Å². The molecule has 0 spiro atoms. The zero-order valence-corrected chi connectivity index (χ0v) is 13.7. The summed E-state index contributed by atoms with van der Waals surface area (Å²) in [6, 6.07) is 14.5. The molecule has 134 valence electrons. The van der Waals surface area contributed by atoms with Crippen LogP contribution in [0.25, 0.3) is 0 Å². The number of nitrogens with zero attached hydrogens (tertiary/aromatic N) is 2. The van der Waals surface area contributed by atoms with Gasteiger partial charge in [-0.25, -0.2) is 9.69 Å². The van der Waals surface area contributed by atoms with Crippen LogP contribution in [-0.4, -0.2) is 11.2 Å². The van der Waals surface area contributed by atoms with Gasteiger partial charge in [0, 0.05) is 11.1 Å². The minimum Gasteiger partial charge on any atom is -0.410 e. The maximum absolute atomic E-state index is 12.8. The van der Waals surface area contributed by atoms with Crippen molar-refractivity contribution >= 4 is 29.3 Å². The fourth-order valence-electron chi connectivity index (χ4n) is 2.05. The fraction of sp³-hybridized carbons (Fsp3) is 0.0588. The summed E-state index contributed by atoms with van der Waals surface area (Å²) in [5.41, 5.74) is -1.07. The molecule has 0 aliphatic carbocycles. The van der Waals surface area contributed by atoms with Crippen LogP contribution in [0.1, 0.15) is 5.69 Å². The molecule has 0 aliphatic rings. The first-order valence-corrected chi connectivity index (χ1v) is 7.59.